The third kappa shape index (κ3) is 11.2. The smallest absolute Gasteiger partial charge is 0.408 e. The summed E-state index contributed by atoms with van der Waals surface area (Å²) >= 11 is 0. The summed E-state index contributed by atoms with van der Waals surface area (Å²) in [6, 6.07) is 12.2. The van der Waals surface area contributed by atoms with Crippen LogP contribution >= 0.6 is 0 Å². The van der Waals surface area contributed by atoms with Crippen LogP contribution in [0.1, 0.15) is 93.7 Å². The Morgan fingerprint density at radius 3 is 2.42 bits per heavy atom. The molecule has 0 aromatic heterocycles. The molecule has 2 N–H and O–H groups in total. The molecular formula is C36H49N3O9. The van der Waals surface area contributed by atoms with E-state index in [0.717, 1.165) is 42.6 Å². The maximum absolute atomic E-state index is 12.9. The average molecular weight is 668 g/mol. The van der Waals surface area contributed by atoms with Crippen LogP contribution < -0.4 is 20.1 Å². The zero-order valence-electron chi connectivity index (χ0n) is 28.5. The van der Waals surface area contributed by atoms with E-state index in [0.29, 0.717) is 57.4 Å². The van der Waals surface area contributed by atoms with Crippen LogP contribution in [0, 0.1) is 0 Å². The molecule has 0 saturated carbocycles. The van der Waals surface area contributed by atoms with Gasteiger partial charge in [-0.05, 0) is 89.6 Å². The number of nitrogens with one attached hydrogen (secondary N) is 2. The minimum atomic E-state index is -0.656. The van der Waals surface area contributed by atoms with Gasteiger partial charge in [-0.2, -0.15) is 0 Å². The van der Waals surface area contributed by atoms with Crippen molar-refractivity contribution in [3.05, 3.63) is 59.2 Å². The molecule has 1 fully saturated rings. The van der Waals surface area contributed by atoms with Crippen molar-refractivity contribution in [3.63, 3.8) is 0 Å². The molecule has 2 aromatic carbocycles. The van der Waals surface area contributed by atoms with Gasteiger partial charge >= 0.3 is 6.09 Å². The van der Waals surface area contributed by atoms with Crippen molar-refractivity contribution in [3.8, 4) is 11.5 Å². The highest BCUT2D eigenvalue weighted by atomic mass is 16.6. The van der Waals surface area contributed by atoms with E-state index in [2.05, 4.69) is 10.6 Å². The lowest BCUT2D eigenvalue weighted by Gasteiger charge is -2.29. The summed E-state index contributed by atoms with van der Waals surface area (Å²) in [6.07, 6.45) is 3.71. The van der Waals surface area contributed by atoms with E-state index in [1.807, 2.05) is 58.0 Å². The van der Waals surface area contributed by atoms with E-state index >= 15 is 0 Å². The second kappa shape index (κ2) is 17.8. The van der Waals surface area contributed by atoms with Crippen molar-refractivity contribution >= 4 is 23.8 Å². The van der Waals surface area contributed by atoms with Crippen LogP contribution in [0.25, 0.3) is 0 Å². The molecule has 2 atom stereocenters. The number of fused-ring (bicyclic) bond motifs is 1. The van der Waals surface area contributed by atoms with Crippen LogP contribution in [-0.2, 0) is 30.3 Å². The summed E-state index contributed by atoms with van der Waals surface area (Å²) in [5.74, 6) is 0.405. The molecule has 0 spiro atoms. The fraction of sp³-hybridized carbons (Fsp3) is 0.556. The molecule has 2 aliphatic heterocycles. The van der Waals surface area contributed by atoms with Crippen LogP contribution in [0.2, 0.25) is 0 Å². The van der Waals surface area contributed by atoms with Gasteiger partial charge in [0, 0.05) is 37.4 Å². The fourth-order valence-electron chi connectivity index (χ4n) is 5.48. The van der Waals surface area contributed by atoms with E-state index in [1.165, 1.54) is 4.90 Å². The Kier molecular flexibility index (Phi) is 13.6. The quantitative estimate of drug-likeness (QED) is 0.164. The van der Waals surface area contributed by atoms with Gasteiger partial charge in [-0.1, -0.05) is 18.2 Å². The van der Waals surface area contributed by atoms with Crippen LogP contribution in [0.15, 0.2) is 42.5 Å². The Hall–Kier alpha value is -4.16. The first-order valence-corrected chi connectivity index (χ1v) is 16.8. The molecule has 4 amide bonds. The first kappa shape index (κ1) is 36.7. The molecular weight excluding hydrogens is 618 g/mol. The summed E-state index contributed by atoms with van der Waals surface area (Å²) in [7, 11) is 0. The number of hydrogen-bond acceptors (Lipinski definition) is 9. The lowest BCUT2D eigenvalue weighted by molar-refractivity contribution is -0.136. The molecule has 48 heavy (non-hydrogen) atoms. The van der Waals surface area contributed by atoms with Crippen molar-refractivity contribution in [2.75, 3.05) is 39.6 Å². The van der Waals surface area contributed by atoms with Crippen LogP contribution in [0.5, 0.6) is 11.5 Å². The van der Waals surface area contributed by atoms with Crippen LogP contribution in [0.3, 0.4) is 0 Å². The van der Waals surface area contributed by atoms with E-state index in [-0.39, 0.29) is 30.8 Å². The number of nitrogens with zero attached hydrogens (tertiary/aromatic N) is 1. The van der Waals surface area contributed by atoms with Crippen molar-refractivity contribution in [1.29, 1.82) is 0 Å². The number of carbonyl (C=O) groups excluding carboxylic acids is 4. The van der Waals surface area contributed by atoms with E-state index in [4.69, 9.17) is 23.7 Å². The lowest BCUT2D eigenvalue weighted by atomic mass is 10.0. The molecule has 4 rings (SSSR count). The van der Waals surface area contributed by atoms with E-state index in [9.17, 15) is 19.2 Å². The molecule has 12 nitrogen and oxygen atoms in total. The number of alkyl carbamates (subject to hydrolysis) is 1. The summed E-state index contributed by atoms with van der Waals surface area (Å²) in [5.41, 5.74) is 1.67. The summed E-state index contributed by atoms with van der Waals surface area (Å²) in [4.78, 5) is 50.3. The van der Waals surface area contributed by atoms with E-state index in [1.54, 1.807) is 12.1 Å². The zero-order valence-corrected chi connectivity index (χ0v) is 28.5. The van der Waals surface area contributed by atoms with Gasteiger partial charge in [0.25, 0.3) is 5.91 Å². The number of hydrogen-bond donors (Lipinski definition) is 2. The van der Waals surface area contributed by atoms with Gasteiger partial charge in [0.1, 0.15) is 29.7 Å². The average Bonchev–Trinajstić information content (AvgIpc) is 3.36. The monoisotopic (exact) mass is 667 g/mol. The Morgan fingerprint density at radius 1 is 0.917 bits per heavy atom. The molecule has 12 heteroatoms. The number of ether oxygens (including phenoxy) is 5. The third-order valence-corrected chi connectivity index (χ3v) is 7.89. The summed E-state index contributed by atoms with van der Waals surface area (Å²) in [5, 5.41) is 5.17. The number of piperidine rings is 1. The Bertz CT molecular complexity index is 1410. The SMILES string of the molecule is C[C@@H](NC(=O)OC(C)(C)C)c1cccc(OCCCCCOCCCOCCOc2cccc3c2CN(C2CCC(=O)NC2=O)C3=O)c1. The molecule has 1 saturated heterocycles. The highest BCUT2D eigenvalue weighted by Gasteiger charge is 2.40. The van der Waals surface area contributed by atoms with Crippen molar-refractivity contribution in [2.45, 2.75) is 90.4 Å². The fourth-order valence-corrected chi connectivity index (χ4v) is 5.48. The molecule has 0 radical (unpaired) electrons. The number of unbranched alkanes of at least 4 members (excludes halogenated alkanes) is 2. The Morgan fingerprint density at radius 2 is 1.65 bits per heavy atom. The zero-order chi connectivity index (χ0) is 34.5. The molecule has 2 heterocycles. The Labute approximate surface area is 282 Å². The van der Waals surface area contributed by atoms with E-state index < -0.39 is 23.6 Å². The molecule has 1 unspecified atom stereocenters. The largest absolute Gasteiger partial charge is 0.494 e. The number of rotatable bonds is 18. The van der Waals surface area contributed by atoms with Gasteiger partial charge in [-0.3, -0.25) is 19.7 Å². The number of imide groups is 1. The minimum Gasteiger partial charge on any atom is -0.494 e. The predicted molar refractivity (Wildman–Crippen MR) is 178 cm³/mol. The highest BCUT2D eigenvalue weighted by molar-refractivity contribution is 6.05. The molecule has 262 valence electrons. The predicted octanol–water partition coefficient (Wildman–Crippen LogP) is 5.08. The molecule has 0 aliphatic carbocycles. The maximum atomic E-state index is 12.9. The summed E-state index contributed by atoms with van der Waals surface area (Å²) < 4.78 is 28.6. The van der Waals surface area contributed by atoms with Crippen molar-refractivity contribution in [1.82, 2.24) is 15.5 Å². The van der Waals surface area contributed by atoms with Crippen molar-refractivity contribution in [2.24, 2.45) is 0 Å². The second-order valence-electron chi connectivity index (χ2n) is 13.0. The minimum absolute atomic E-state index is 0.205. The first-order valence-electron chi connectivity index (χ1n) is 16.8. The molecule has 2 aromatic rings. The second-order valence-corrected chi connectivity index (χ2v) is 13.0. The first-order chi connectivity index (χ1) is 23.0. The maximum Gasteiger partial charge on any atom is 0.408 e. The standard InChI is InChI=1S/C36H49N3O9/c1-25(37-35(43)48-36(2,3)4)26-11-8-12-27(23-26)46-20-7-5-6-17-44-18-10-19-45-21-22-47-31-14-9-13-28-29(31)24-39(34(28)42)30-15-16-32(40)38-33(30)41/h8-9,11-14,23,25,30H,5-7,10,15-22,24H2,1-4H3,(H,37,43)(H,38,40,41)/t25-,30?/m1/s1. The highest BCUT2D eigenvalue weighted by Crippen LogP contribution is 2.33. The van der Waals surface area contributed by atoms with Crippen LogP contribution in [-0.4, -0.2) is 80.0 Å². The third-order valence-electron chi connectivity index (χ3n) is 7.89. The summed E-state index contributed by atoms with van der Waals surface area (Å²) in [6.45, 7) is 10.9. The van der Waals surface area contributed by atoms with Crippen molar-refractivity contribution < 1.29 is 42.9 Å². The van der Waals surface area contributed by atoms with Crippen LogP contribution in [0.4, 0.5) is 4.79 Å². The van der Waals surface area contributed by atoms with Gasteiger partial charge in [-0.25, -0.2) is 4.79 Å². The van der Waals surface area contributed by atoms with Gasteiger partial charge in [-0.15, -0.1) is 0 Å². The Balaban J connectivity index is 1.00. The van der Waals surface area contributed by atoms with Gasteiger partial charge in [0.05, 0.1) is 25.8 Å². The topological polar surface area (TPSA) is 142 Å². The molecule has 0 bridgehead atoms. The molecule has 2 aliphatic rings. The van der Waals surface area contributed by atoms with Gasteiger partial charge < -0.3 is 33.9 Å². The lowest BCUT2D eigenvalue weighted by Crippen LogP contribution is -2.52. The van der Waals surface area contributed by atoms with Gasteiger partial charge in [0.2, 0.25) is 11.8 Å². The number of amides is 4. The normalized spacial score (nSPS) is 16.7. The van der Waals surface area contributed by atoms with Gasteiger partial charge in [0.15, 0.2) is 0 Å². The number of benzene rings is 2. The number of carbonyl (C=O) groups is 4.